The molecular weight excluding hydrogens is 1020 g/mol. The molecule has 6 rings (SSSR count). The first-order valence-corrected chi connectivity index (χ1v) is 28.6. The maximum atomic E-state index is 14.4. The maximum absolute atomic E-state index is 14.4. The van der Waals surface area contributed by atoms with Crippen molar-refractivity contribution in [1.82, 2.24) is 30.7 Å². The van der Waals surface area contributed by atoms with Crippen molar-refractivity contribution in [3.05, 3.63) is 49.6 Å². The van der Waals surface area contributed by atoms with Crippen LogP contribution in [-0.4, -0.2) is 153 Å². The number of hydrogen-bond donors (Lipinski definition) is 5. The van der Waals surface area contributed by atoms with Gasteiger partial charge in [0.05, 0.1) is 58.8 Å². The summed E-state index contributed by atoms with van der Waals surface area (Å²) in [5, 5.41) is 35.7. The van der Waals surface area contributed by atoms with Gasteiger partial charge < -0.3 is 30.9 Å². The zero-order valence-electron chi connectivity index (χ0n) is 45.6. The predicted octanol–water partition coefficient (Wildman–Crippen LogP) is 3.41. The fourth-order valence-electron chi connectivity index (χ4n) is 12.6. The summed E-state index contributed by atoms with van der Waals surface area (Å²) in [6, 6.07) is 2.17. The molecule has 3 aliphatic heterocycles. The van der Waals surface area contributed by atoms with Crippen molar-refractivity contribution in [2.24, 2.45) is 76.4 Å². The number of aliphatic carboxylic acids is 1. The molecule has 14 unspecified atom stereocenters. The third-order valence-electron chi connectivity index (χ3n) is 16.4. The Morgan fingerprint density at radius 1 is 0.679 bits per heavy atom. The van der Waals surface area contributed by atoms with Gasteiger partial charge in [-0.05, 0) is 115 Å². The molecular formula is C57H79N7O13S. The third-order valence-corrected chi connectivity index (χ3v) is 17.6. The minimum Gasteiger partial charge on any atom is -0.479 e. The van der Waals surface area contributed by atoms with Crippen LogP contribution in [-0.2, 0) is 52.7 Å². The van der Waals surface area contributed by atoms with E-state index in [4.69, 9.17) is 14.9 Å². The number of nitrogens with one attached hydrogen (secondary N) is 3. The molecule has 6 aliphatic rings. The Kier molecular flexibility index (Phi) is 21.4. The summed E-state index contributed by atoms with van der Waals surface area (Å²) in [6.45, 7) is 16.9. The molecule has 78 heavy (non-hydrogen) atoms. The van der Waals surface area contributed by atoms with Gasteiger partial charge in [0.15, 0.2) is 6.10 Å². The number of rotatable bonds is 30. The van der Waals surface area contributed by atoms with E-state index < -0.39 is 76.0 Å². The molecule has 0 aromatic heterocycles. The molecule has 20 nitrogen and oxygen atoms in total. The zero-order chi connectivity index (χ0) is 57.2. The highest BCUT2D eigenvalue weighted by Gasteiger charge is 2.60. The van der Waals surface area contributed by atoms with Crippen LogP contribution >= 0.6 is 11.8 Å². The highest BCUT2D eigenvalue weighted by Crippen LogP contribution is 2.53. The summed E-state index contributed by atoms with van der Waals surface area (Å²) >= 11 is 1.37. The number of imide groups is 3. The second-order valence-corrected chi connectivity index (χ2v) is 23.9. The van der Waals surface area contributed by atoms with Crippen molar-refractivity contribution in [2.75, 3.05) is 51.7 Å². The van der Waals surface area contributed by atoms with E-state index in [1.165, 1.54) is 33.4 Å². The molecule has 14 atom stereocenters. The fraction of sp³-hybridized carbons (Fsp3) is 0.667. The summed E-state index contributed by atoms with van der Waals surface area (Å²) in [6.07, 6.45) is 12.4. The van der Waals surface area contributed by atoms with E-state index in [-0.39, 0.29) is 155 Å². The van der Waals surface area contributed by atoms with Crippen molar-refractivity contribution in [1.29, 1.82) is 5.26 Å². The normalized spacial score (nSPS) is 29.4. The monoisotopic (exact) mass is 1100 g/mol. The molecule has 0 aromatic rings. The number of hydrogen-bond acceptors (Lipinski definition) is 14. The number of aliphatic hydroxyl groups is 1. The minimum atomic E-state index is -1.12. The van der Waals surface area contributed by atoms with Gasteiger partial charge in [-0.15, -0.1) is 24.9 Å². The number of carbonyl (C=O) groups is 10. The predicted molar refractivity (Wildman–Crippen MR) is 287 cm³/mol. The number of ether oxygens (including phenoxy) is 1. The standard InChI is InChI=1S/C57H79N7O13S/c1-8-34-27-36(45-43(34)50(69)62(52(45)71)21-11-14-42(67)60-20-26-78-40(30-57(6,7)31-58)49(68)61-32(3)4)15-17-38-29-39(48-47(38)54(73)63(55(48)74)22-10-13-41(66)59-19-24-65)18-16-37-28-35(9-2)44-46(37)53(72)64(51(44)70)23-12-25-77-33(5)56(75)76/h8-9,15-18,32-40,43-48,65H,1-2,10-14,19-30H2,3-7H3,(H,59,66)(H,60,67)(H,61,68)(H,75,76). The van der Waals surface area contributed by atoms with Crippen LogP contribution in [0, 0.1) is 87.8 Å². The van der Waals surface area contributed by atoms with Gasteiger partial charge in [0.1, 0.15) is 0 Å². The molecule has 6 fully saturated rings. The number of carboxylic acid groups (broad SMARTS) is 1. The van der Waals surface area contributed by atoms with E-state index in [9.17, 15) is 53.2 Å². The lowest BCUT2D eigenvalue weighted by Crippen LogP contribution is -2.39. The van der Waals surface area contributed by atoms with Crippen LogP contribution in [0.2, 0.25) is 0 Å². The molecule has 426 valence electrons. The van der Waals surface area contributed by atoms with Crippen LogP contribution in [0.15, 0.2) is 49.6 Å². The van der Waals surface area contributed by atoms with Gasteiger partial charge in [0.25, 0.3) is 0 Å². The molecule has 0 spiro atoms. The zero-order valence-corrected chi connectivity index (χ0v) is 46.5. The number of carbonyl (C=O) groups excluding carboxylic acids is 9. The molecule has 21 heteroatoms. The second-order valence-electron chi connectivity index (χ2n) is 22.6. The number of allylic oxidation sites excluding steroid dienone is 6. The first kappa shape index (κ1) is 61.2. The van der Waals surface area contributed by atoms with Crippen LogP contribution in [0.5, 0.6) is 0 Å². The highest BCUT2D eigenvalue weighted by molar-refractivity contribution is 8.00. The van der Waals surface area contributed by atoms with Crippen LogP contribution in [0.4, 0.5) is 0 Å². The first-order chi connectivity index (χ1) is 37.1. The Balaban J connectivity index is 1.12. The van der Waals surface area contributed by atoms with Crippen LogP contribution in [0.25, 0.3) is 0 Å². The number of thioether (sulfide) groups is 1. The Labute approximate surface area is 461 Å². The van der Waals surface area contributed by atoms with Crippen molar-refractivity contribution < 1.29 is 62.9 Å². The van der Waals surface area contributed by atoms with E-state index >= 15 is 0 Å². The molecule has 0 radical (unpaired) electrons. The minimum absolute atomic E-state index is 0.00660. The summed E-state index contributed by atoms with van der Waals surface area (Å²) in [7, 11) is 0. The molecule has 0 aromatic carbocycles. The average molecular weight is 1100 g/mol. The Morgan fingerprint density at radius 2 is 1.06 bits per heavy atom. The first-order valence-electron chi connectivity index (χ1n) is 27.6. The van der Waals surface area contributed by atoms with E-state index in [2.05, 4.69) is 35.2 Å². The SMILES string of the molecule is C=CC1CC(C=CC2CC(C=CC3CC(C=C)C4C(=O)N(CCCC(=O)NCCSC(CC(C)(C)C#N)C(=O)NC(C)C)C(=O)C34)C3C(=O)N(CCCC(=O)NCCO)C(=O)C23)C2C(=O)N(CCCOC(C)C(=O)O)C(=O)C12. The Hall–Kier alpha value is -5.98. The van der Waals surface area contributed by atoms with Gasteiger partial charge in [-0.3, -0.25) is 57.9 Å². The summed E-state index contributed by atoms with van der Waals surface area (Å²) < 4.78 is 5.32. The molecule has 3 saturated heterocycles. The van der Waals surface area contributed by atoms with Crippen molar-refractivity contribution in [3.8, 4) is 6.07 Å². The van der Waals surface area contributed by atoms with E-state index in [1.54, 1.807) is 26.0 Å². The number of likely N-dealkylation sites (tertiary alicyclic amines) is 3. The van der Waals surface area contributed by atoms with Crippen LogP contribution in [0.1, 0.15) is 92.4 Å². The summed E-state index contributed by atoms with van der Waals surface area (Å²) in [5.41, 5.74) is -0.716. The summed E-state index contributed by atoms with van der Waals surface area (Å²) in [4.78, 5) is 138. The van der Waals surface area contributed by atoms with E-state index in [0.29, 0.717) is 31.4 Å². The highest BCUT2D eigenvalue weighted by atomic mass is 32.2. The van der Waals surface area contributed by atoms with Gasteiger partial charge in [-0.2, -0.15) is 5.26 Å². The molecule has 3 heterocycles. The van der Waals surface area contributed by atoms with Gasteiger partial charge >= 0.3 is 5.97 Å². The lowest BCUT2D eigenvalue weighted by Gasteiger charge is -2.24. The van der Waals surface area contributed by atoms with E-state index in [0.717, 1.165) is 0 Å². The van der Waals surface area contributed by atoms with Gasteiger partial charge in [0, 0.05) is 64.0 Å². The number of fused-ring (bicyclic) bond motifs is 3. The molecule has 3 saturated carbocycles. The third kappa shape index (κ3) is 14.1. The smallest absolute Gasteiger partial charge is 0.332 e. The molecule has 9 amide bonds. The Morgan fingerprint density at radius 3 is 1.44 bits per heavy atom. The molecule has 5 N–H and O–H groups in total. The second kappa shape index (κ2) is 27.3. The lowest BCUT2D eigenvalue weighted by atomic mass is 9.86. The lowest BCUT2D eigenvalue weighted by molar-refractivity contribution is -0.150. The fourth-order valence-corrected chi connectivity index (χ4v) is 13.8. The quantitative estimate of drug-likeness (QED) is 0.0391. The van der Waals surface area contributed by atoms with Gasteiger partial charge in [-0.1, -0.05) is 36.5 Å². The van der Waals surface area contributed by atoms with Crippen molar-refractivity contribution in [3.63, 3.8) is 0 Å². The number of nitriles is 1. The largest absolute Gasteiger partial charge is 0.479 e. The maximum Gasteiger partial charge on any atom is 0.332 e. The average Bonchev–Trinajstić information content (AvgIpc) is 4.34. The van der Waals surface area contributed by atoms with Gasteiger partial charge in [-0.25, -0.2) is 4.79 Å². The van der Waals surface area contributed by atoms with Crippen LogP contribution < -0.4 is 16.0 Å². The Bertz CT molecular complexity index is 2440. The number of aliphatic hydroxyl groups excluding tert-OH is 1. The van der Waals surface area contributed by atoms with E-state index in [1.807, 2.05) is 38.2 Å². The molecule has 0 bridgehead atoms. The van der Waals surface area contributed by atoms with Crippen molar-refractivity contribution >= 4 is 70.9 Å². The van der Waals surface area contributed by atoms with Crippen LogP contribution in [0.3, 0.4) is 0 Å². The topological polar surface area (TPSA) is 290 Å². The van der Waals surface area contributed by atoms with Crippen molar-refractivity contribution in [2.45, 2.75) is 110 Å². The molecule has 3 aliphatic carbocycles. The summed E-state index contributed by atoms with van der Waals surface area (Å²) in [5.74, 6) is -10.0. The van der Waals surface area contributed by atoms with Gasteiger partial charge in [0.2, 0.25) is 53.2 Å². The number of nitrogens with zero attached hydrogens (tertiary/aromatic N) is 4. The number of carboxylic acids is 1. The number of amides is 9.